The van der Waals surface area contributed by atoms with Crippen LogP contribution in [-0.4, -0.2) is 0 Å². The minimum absolute atomic E-state index is 0.910. The third-order valence-corrected chi connectivity index (χ3v) is 8.59. The molecule has 0 spiro atoms. The average Bonchev–Trinajstić information content (AvgIpc) is 3.39. The van der Waals surface area contributed by atoms with Gasteiger partial charge in [-0.3, -0.25) is 0 Å². The van der Waals surface area contributed by atoms with Gasteiger partial charge in [0.05, 0.1) is 0 Å². The number of benzene rings is 8. The molecule has 0 aliphatic heterocycles. The predicted octanol–water partition coefficient (Wildman–Crippen LogP) is 11.5. The van der Waals surface area contributed by atoms with Crippen molar-refractivity contribution < 1.29 is 4.42 Å². The molecule has 9 aromatic rings. The molecular formula is C40H24O. The smallest absolute Gasteiger partial charge is 0.135 e. The lowest BCUT2D eigenvalue weighted by atomic mass is 9.90. The summed E-state index contributed by atoms with van der Waals surface area (Å²) < 4.78 is 6.38. The van der Waals surface area contributed by atoms with E-state index in [-0.39, 0.29) is 0 Å². The van der Waals surface area contributed by atoms with Gasteiger partial charge in [-0.25, -0.2) is 0 Å². The van der Waals surface area contributed by atoms with Crippen LogP contribution >= 0.6 is 0 Å². The molecule has 0 aliphatic rings. The molecule has 9 rings (SSSR count). The summed E-state index contributed by atoms with van der Waals surface area (Å²) in [6.07, 6.45) is 0. The van der Waals surface area contributed by atoms with Crippen molar-refractivity contribution in [3.05, 3.63) is 146 Å². The summed E-state index contributed by atoms with van der Waals surface area (Å²) >= 11 is 0. The molecule has 0 N–H and O–H groups in total. The van der Waals surface area contributed by atoms with Crippen molar-refractivity contribution in [1.29, 1.82) is 0 Å². The largest absolute Gasteiger partial charge is 0.456 e. The van der Waals surface area contributed by atoms with Crippen LogP contribution in [0.3, 0.4) is 0 Å². The van der Waals surface area contributed by atoms with Crippen LogP contribution in [0, 0.1) is 0 Å². The quantitative estimate of drug-likeness (QED) is 0.207. The van der Waals surface area contributed by atoms with Gasteiger partial charge in [-0.05, 0) is 102 Å². The van der Waals surface area contributed by atoms with Crippen molar-refractivity contribution >= 4 is 65.0 Å². The Morgan fingerprint density at radius 1 is 0.293 bits per heavy atom. The lowest BCUT2D eigenvalue weighted by Crippen LogP contribution is -1.86. The van der Waals surface area contributed by atoms with Crippen LogP contribution in [0.15, 0.2) is 150 Å². The monoisotopic (exact) mass is 520 g/mol. The highest BCUT2D eigenvalue weighted by molar-refractivity contribution is 6.17. The van der Waals surface area contributed by atoms with Crippen LogP contribution in [0.4, 0.5) is 0 Å². The summed E-state index contributed by atoms with van der Waals surface area (Å²) in [6, 6.07) is 52.7. The second-order valence-electron chi connectivity index (χ2n) is 10.9. The summed E-state index contributed by atoms with van der Waals surface area (Å²) in [7, 11) is 0. The molecule has 0 radical (unpaired) electrons. The first kappa shape index (κ1) is 22.4. The van der Waals surface area contributed by atoms with Crippen molar-refractivity contribution in [1.82, 2.24) is 0 Å². The SMILES string of the molecule is c1ccc2c(-c3ccc4oc5ccc(-c6c7ccccc7cc7ccccc67)cc5c4c3)c3ccccc3cc2c1. The highest BCUT2D eigenvalue weighted by atomic mass is 16.3. The van der Waals surface area contributed by atoms with Gasteiger partial charge in [0.15, 0.2) is 0 Å². The van der Waals surface area contributed by atoms with E-state index in [1.807, 2.05) is 0 Å². The van der Waals surface area contributed by atoms with E-state index in [4.69, 9.17) is 4.42 Å². The summed E-state index contributed by atoms with van der Waals surface area (Å²) in [5.74, 6) is 0. The molecule has 1 heterocycles. The van der Waals surface area contributed by atoms with Gasteiger partial charge in [0.2, 0.25) is 0 Å². The van der Waals surface area contributed by atoms with E-state index in [1.54, 1.807) is 0 Å². The maximum Gasteiger partial charge on any atom is 0.135 e. The number of furan rings is 1. The average molecular weight is 521 g/mol. The first-order chi connectivity index (χ1) is 20.3. The first-order valence-electron chi connectivity index (χ1n) is 14.1. The number of hydrogen-bond acceptors (Lipinski definition) is 1. The molecule has 0 unspecified atom stereocenters. The highest BCUT2D eigenvalue weighted by Crippen LogP contribution is 2.42. The Morgan fingerprint density at radius 2 is 0.634 bits per heavy atom. The molecule has 1 nitrogen and oxygen atoms in total. The predicted molar refractivity (Wildman–Crippen MR) is 175 cm³/mol. The van der Waals surface area contributed by atoms with Gasteiger partial charge in [-0.15, -0.1) is 0 Å². The molecule has 1 aromatic heterocycles. The van der Waals surface area contributed by atoms with E-state index in [2.05, 4.69) is 146 Å². The molecule has 0 amide bonds. The normalized spacial score (nSPS) is 11.9. The lowest BCUT2D eigenvalue weighted by Gasteiger charge is -2.13. The zero-order chi connectivity index (χ0) is 26.9. The maximum absolute atomic E-state index is 6.38. The standard InChI is InChI=1S/C40H24O/c1-5-13-31-25(9-1)21-26-10-2-6-14-32(26)39(31)29-17-19-37-35(23-29)36-24-30(18-20-38(36)41-37)40-33-15-7-3-11-27(33)22-28-12-4-8-16-34(28)40/h1-24H. The summed E-state index contributed by atoms with van der Waals surface area (Å²) in [6.45, 7) is 0. The number of hydrogen-bond donors (Lipinski definition) is 0. The molecule has 1 heteroatoms. The van der Waals surface area contributed by atoms with Crippen molar-refractivity contribution in [2.45, 2.75) is 0 Å². The summed E-state index contributed by atoms with van der Waals surface area (Å²) in [5.41, 5.74) is 6.77. The lowest BCUT2D eigenvalue weighted by molar-refractivity contribution is 0.669. The number of rotatable bonds is 2. The van der Waals surface area contributed by atoms with Crippen LogP contribution in [0.1, 0.15) is 0 Å². The highest BCUT2D eigenvalue weighted by Gasteiger charge is 2.16. The molecule has 0 aliphatic carbocycles. The van der Waals surface area contributed by atoms with Gasteiger partial charge >= 0.3 is 0 Å². The Kier molecular flexibility index (Phi) is 4.67. The van der Waals surface area contributed by atoms with Crippen LogP contribution in [0.2, 0.25) is 0 Å². The molecule has 190 valence electrons. The van der Waals surface area contributed by atoms with Gasteiger partial charge in [0.1, 0.15) is 11.2 Å². The molecule has 0 saturated heterocycles. The van der Waals surface area contributed by atoms with E-state index >= 15 is 0 Å². The van der Waals surface area contributed by atoms with E-state index in [9.17, 15) is 0 Å². The van der Waals surface area contributed by atoms with E-state index in [0.717, 1.165) is 21.9 Å². The van der Waals surface area contributed by atoms with Gasteiger partial charge in [0.25, 0.3) is 0 Å². The van der Waals surface area contributed by atoms with Crippen molar-refractivity contribution in [2.75, 3.05) is 0 Å². The Hall–Kier alpha value is -5.40. The van der Waals surface area contributed by atoms with Gasteiger partial charge in [0, 0.05) is 10.8 Å². The van der Waals surface area contributed by atoms with Gasteiger partial charge < -0.3 is 4.42 Å². The minimum Gasteiger partial charge on any atom is -0.456 e. The number of fused-ring (bicyclic) bond motifs is 7. The third kappa shape index (κ3) is 3.36. The van der Waals surface area contributed by atoms with E-state index in [0.29, 0.717) is 0 Å². The summed E-state index contributed by atoms with van der Waals surface area (Å²) in [4.78, 5) is 0. The summed E-state index contributed by atoms with van der Waals surface area (Å²) in [5, 5.41) is 12.4. The van der Waals surface area contributed by atoms with E-state index in [1.165, 1.54) is 65.3 Å². The van der Waals surface area contributed by atoms with Crippen molar-refractivity contribution in [3.8, 4) is 22.3 Å². The van der Waals surface area contributed by atoms with Gasteiger partial charge in [-0.1, -0.05) is 109 Å². The zero-order valence-corrected chi connectivity index (χ0v) is 22.3. The zero-order valence-electron chi connectivity index (χ0n) is 22.3. The Labute approximate surface area is 236 Å². The Bertz CT molecular complexity index is 2200. The fourth-order valence-electron chi connectivity index (χ4n) is 6.74. The van der Waals surface area contributed by atoms with E-state index < -0.39 is 0 Å². The molecule has 0 saturated carbocycles. The molecule has 0 atom stereocenters. The molecular weight excluding hydrogens is 496 g/mol. The van der Waals surface area contributed by atoms with Crippen LogP contribution in [-0.2, 0) is 0 Å². The van der Waals surface area contributed by atoms with Gasteiger partial charge in [-0.2, -0.15) is 0 Å². The third-order valence-electron chi connectivity index (χ3n) is 8.59. The fraction of sp³-hybridized carbons (Fsp3) is 0. The molecule has 8 aromatic carbocycles. The van der Waals surface area contributed by atoms with Crippen LogP contribution < -0.4 is 0 Å². The molecule has 0 fully saturated rings. The maximum atomic E-state index is 6.38. The first-order valence-corrected chi connectivity index (χ1v) is 14.1. The fourth-order valence-corrected chi connectivity index (χ4v) is 6.74. The second kappa shape index (κ2) is 8.55. The van der Waals surface area contributed by atoms with Crippen LogP contribution in [0.5, 0.6) is 0 Å². The minimum atomic E-state index is 0.910. The van der Waals surface area contributed by atoms with Crippen LogP contribution in [0.25, 0.3) is 87.3 Å². The molecule has 41 heavy (non-hydrogen) atoms. The Morgan fingerprint density at radius 3 is 1.00 bits per heavy atom. The topological polar surface area (TPSA) is 13.1 Å². The molecule has 0 bridgehead atoms. The Balaban J connectivity index is 1.34. The van der Waals surface area contributed by atoms with Crippen molar-refractivity contribution in [2.24, 2.45) is 0 Å². The van der Waals surface area contributed by atoms with Crippen molar-refractivity contribution in [3.63, 3.8) is 0 Å². The second-order valence-corrected chi connectivity index (χ2v) is 10.9.